The van der Waals surface area contributed by atoms with Crippen LogP contribution in [0, 0.1) is 0 Å². The lowest BCUT2D eigenvalue weighted by Gasteiger charge is -2.28. The lowest BCUT2D eigenvalue weighted by molar-refractivity contribution is -0.145. The molecule has 0 aliphatic carbocycles. The maximum absolute atomic E-state index is 13.3. The first-order valence-corrected chi connectivity index (χ1v) is 9.73. The number of allylic oxidation sites excluding steroid dienone is 1. The minimum Gasteiger partial charge on any atom is -0.328 e. The number of alkyl halides is 3. The Bertz CT molecular complexity index is 1190. The summed E-state index contributed by atoms with van der Waals surface area (Å²) >= 11 is 12.0. The number of amides is 1. The first-order valence-electron chi connectivity index (χ1n) is 8.97. The topological polar surface area (TPSA) is 71.8 Å². The van der Waals surface area contributed by atoms with Gasteiger partial charge < -0.3 is 10.6 Å². The van der Waals surface area contributed by atoms with Crippen LogP contribution >= 0.6 is 23.2 Å². The summed E-state index contributed by atoms with van der Waals surface area (Å²) in [6.07, 6.45) is -4.75. The molecule has 2 N–H and O–H groups in total. The fourth-order valence-corrected chi connectivity index (χ4v) is 3.61. The third-order valence-electron chi connectivity index (χ3n) is 4.62. The highest BCUT2D eigenvalue weighted by atomic mass is 35.5. The maximum atomic E-state index is 13.3. The molecule has 2 heterocycles. The van der Waals surface area contributed by atoms with E-state index in [0.717, 1.165) is 4.68 Å². The van der Waals surface area contributed by atoms with Crippen molar-refractivity contribution in [3.05, 3.63) is 81.2 Å². The number of benzene rings is 2. The van der Waals surface area contributed by atoms with Crippen LogP contribution < -0.4 is 10.6 Å². The van der Waals surface area contributed by atoms with Crippen molar-refractivity contribution in [2.45, 2.75) is 19.1 Å². The van der Waals surface area contributed by atoms with E-state index in [-0.39, 0.29) is 11.5 Å². The highest BCUT2D eigenvalue weighted by molar-refractivity contribution is 6.31. The molecule has 4 rings (SSSR count). The van der Waals surface area contributed by atoms with Crippen LogP contribution in [0.2, 0.25) is 10.0 Å². The summed E-state index contributed by atoms with van der Waals surface area (Å²) in [6.45, 7) is 1.58. The molecule has 11 heteroatoms. The van der Waals surface area contributed by atoms with Gasteiger partial charge in [0.25, 0.3) is 11.7 Å². The van der Waals surface area contributed by atoms with Crippen LogP contribution in [-0.2, 0) is 11.0 Å². The number of nitrogens with one attached hydrogen (secondary N) is 2. The zero-order valence-electron chi connectivity index (χ0n) is 15.8. The number of nitrogens with zero attached hydrogens (tertiary/aromatic N) is 3. The molecule has 1 aliphatic rings. The maximum Gasteiger partial charge on any atom is 0.453 e. The summed E-state index contributed by atoms with van der Waals surface area (Å²) in [5.41, 5.74) is 1.46. The Labute approximate surface area is 184 Å². The summed E-state index contributed by atoms with van der Waals surface area (Å²) in [7, 11) is 0. The summed E-state index contributed by atoms with van der Waals surface area (Å²) in [6, 6.07) is 12.0. The van der Waals surface area contributed by atoms with Crippen molar-refractivity contribution in [1.82, 2.24) is 14.8 Å². The van der Waals surface area contributed by atoms with Gasteiger partial charge in [0, 0.05) is 21.4 Å². The van der Waals surface area contributed by atoms with E-state index in [1.807, 2.05) is 0 Å². The van der Waals surface area contributed by atoms with Crippen molar-refractivity contribution >= 4 is 40.7 Å². The normalized spacial score (nSPS) is 16.0. The van der Waals surface area contributed by atoms with Crippen molar-refractivity contribution in [2.24, 2.45) is 0 Å². The molecule has 3 aromatic rings. The van der Waals surface area contributed by atoms with E-state index in [0.29, 0.717) is 27.0 Å². The van der Waals surface area contributed by atoms with Gasteiger partial charge in [-0.1, -0.05) is 35.3 Å². The average Bonchev–Trinajstić information content (AvgIpc) is 3.12. The second-order valence-electron chi connectivity index (χ2n) is 6.78. The number of anilines is 2. The van der Waals surface area contributed by atoms with E-state index < -0.39 is 23.9 Å². The second-order valence-corrected chi connectivity index (χ2v) is 7.66. The summed E-state index contributed by atoms with van der Waals surface area (Å²) in [5, 5.41) is 9.99. The highest BCUT2D eigenvalue weighted by Crippen LogP contribution is 2.38. The number of carbonyl (C=O) groups is 1. The smallest absolute Gasteiger partial charge is 0.328 e. The molecule has 0 saturated carbocycles. The number of fused-ring (bicyclic) bond motifs is 1. The molecular weight excluding hydrogens is 454 g/mol. The van der Waals surface area contributed by atoms with Gasteiger partial charge in [-0.05, 0) is 48.9 Å². The molecule has 0 spiro atoms. The van der Waals surface area contributed by atoms with Gasteiger partial charge in [-0.3, -0.25) is 4.79 Å². The highest BCUT2D eigenvalue weighted by Gasteiger charge is 2.41. The fourth-order valence-electron chi connectivity index (χ4n) is 3.28. The van der Waals surface area contributed by atoms with Crippen LogP contribution in [0.25, 0.3) is 0 Å². The van der Waals surface area contributed by atoms with Gasteiger partial charge in [0.1, 0.15) is 6.04 Å². The molecule has 0 radical (unpaired) electrons. The Morgan fingerprint density at radius 2 is 1.84 bits per heavy atom. The first kappa shape index (κ1) is 21.2. The largest absolute Gasteiger partial charge is 0.453 e. The standard InChI is InChI=1S/C20H14Cl2F3N5O/c1-10-15(17(31)27-14-7-5-12(21)6-8-14)16(11-3-2-4-13(22)9-11)30-19(26-10)28-18(29-30)20(23,24)25/h2-9,16H,1H3,(H,27,31)(H,26,28,29)/t16-/m1/s1. The molecule has 160 valence electrons. The first-order chi connectivity index (χ1) is 14.6. The molecule has 1 amide bonds. The Morgan fingerprint density at radius 3 is 2.48 bits per heavy atom. The Hall–Kier alpha value is -3.04. The monoisotopic (exact) mass is 467 g/mol. The molecule has 1 aromatic heterocycles. The minimum absolute atomic E-state index is 0.127. The van der Waals surface area contributed by atoms with E-state index in [1.54, 1.807) is 55.5 Å². The molecule has 0 fully saturated rings. The zero-order valence-corrected chi connectivity index (χ0v) is 17.3. The Kier molecular flexibility index (Phi) is 5.40. The summed E-state index contributed by atoms with van der Waals surface area (Å²) < 4.78 is 40.8. The van der Waals surface area contributed by atoms with Gasteiger partial charge in [-0.25, -0.2) is 4.68 Å². The van der Waals surface area contributed by atoms with Crippen LogP contribution in [0.15, 0.2) is 59.8 Å². The van der Waals surface area contributed by atoms with Gasteiger partial charge in [0.05, 0.1) is 5.57 Å². The van der Waals surface area contributed by atoms with Gasteiger partial charge in [-0.15, -0.1) is 5.10 Å². The quantitative estimate of drug-likeness (QED) is 0.530. The van der Waals surface area contributed by atoms with Crippen molar-refractivity contribution in [3.8, 4) is 0 Å². The lowest BCUT2D eigenvalue weighted by Crippen LogP contribution is -2.31. The summed E-state index contributed by atoms with van der Waals surface area (Å²) in [4.78, 5) is 16.7. The van der Waals surface area contributed by atoms with Gasteiger partial charge in [0.2, 0.25) is 5.95 Å². The van der Waals surface area contributed by atoms with Crippen molar-refractivity contribution in [1.29, 1.82) is 0 Å². The van der Waals surface area contributed by atoms with E-state index in [1.165, 1.54) is 0 Å². The van der Waals surface area contributed by atoms with E-state index in [4.69, 9.17) is 23.2 Å². The molecule has 0 saturated heterocycles. The number of carbonyl (C=O) groups excluding carboxylic acids is 1. The van der Waals surface area contributed by atoms with Crippen LogP contribution in [0.1, 0.15) is 24.4 Å². The number of hydrogen-bond acceptors (Lipinski definition) is 4. The average molecular weight is 468 g/mol. The number of hydrogen-bond donors (Lipinski definition) is 2. The fraction of sp³-hybridized carbons (Fsp3) is 0.150. The minimum atomic E-state index is -4.75. The third kappa shape index (κ3) is 4.24. The van der Waals surface area contributed by atoms with Gasteiger partial charge >= 0.3 is 6.18 Å². The van der Waals surface area contributed by atoms with E-state index >= 15 is 0 Å². The van der Waals surface area contributed by atoms with Crippen LogP contribution in [0.4, 0.5) is 24.8 Å². The van der Waals surface area contributed by atoms with Crippen LogP contribution in [0.3, 0.4) is 0 Å². The van der Waals surface area contributed by atoms with Gasteiger partial charge in [-0.2, -0.15) is 18.2 Å². The van der Waals surface area contributed by atoms with Crippen molar-refractivity contribution in [3.63, 3.8) is 0 Å². The molecule has 0 bridgehead atoms. The lowest BCUT2D eigenvalue weighted by atomic mass is 9.95. The third-order valence-corrected chi connectivity index (χ3v) is 5.10. The van der Waals surface area contributed by atoms with E-state index in [9.17, 15) is 18.0 Å². The van der Waals surface area contributed by atoms with Crippen LogP contribution in [0.5, 0.6) is 0 Å². The van der Waals surface area contributed by atoms with Crippen molar-refractivity contribution in [2.75, 3.05) is 10.6 Å². The molecule has 6 nitrogen and oxygen atoms in total. The molecule has 0 unspecified atom stereocenters. The Balaban J connectivity index is 1.81. The van der Waals surface area contributed by atoms with Crippen molar-refractivity contribution < 1.29 is 18.0 Å². The molecular formula is C20H14Cl2F3N5O. The van der Waals surface area contributed by atoms with Gasteiger partial charge in [0.15, 0.2) is 0 Å². The zero-order chi connectivity index (χ0) is 22.3. The molecule has 31 heavy (non-hydrogen) atoms. The van der Waals surface area contributed by atoms with Crippen LogP contribution in [-0.4, -0.2) is 20.7 Å². The number of aromatic nitrogens is 3. The Morgan fingerprint density at radius 1 is 1.13 bits per heavy atom. The predicted molar refractivity (Wildman–Crippen MR) is 111 cm³/mol. The molecule has 1 aliphatic heterocycles. The second kappa shape index (κ2) is 7.90. The molecule has 2 aromatic carbocycles. The SMILES string of the molecule is CC1=C(C(=O)Nc2ccc(Cl)cc2)[C@@H](c2cccc(Cl)c2)n2nc(C(F)(F)F)nc2N1. The summed E-state index contributed by atoms with van der Waals surface area (Å²) in [5.74, 6) is -1.96. The number of rotatable bonds is 3. The predicted octanol–water partition coefficient (Wildman–Crippen LogP) is 5.53. The number of halogens is 5. The molecule has 1 atom stereocenters. The van der Waals surface area contributed by atoms with E-state index in [2.05, 4.69) is 20.7 Å².